The fraction of sp³-hybridized carbons (Fsp3) is 0. The summed E-state index contributed by atoms with van der Waals surface area (Å²) < 4.78 is 0. The van der Waals surface area contributed by atoms with Crippen LogP contribution in [0.1, 0.15) is 0 Å². The largest absolute Gasteiger partial charge is 0.395 e. The summed E-state index contributed by atoms with van der Waals surface area (Å²) in [6.45, 7) is 0. The van der Waals surface area contributed by atoms with Gasteiger partial charge in [0, 0.05) is 12.1 Å². The van der Waals surface area contributed by atoms with Crippen LogP contribution in [0.4, 0.5) is 11.4 Å². The Bertz CT molecular complexity index is 726. The van der Waals surface area contributed by atoms with Crippen LogP contribution in [0.3, 0.4) is 0 Å². The lowest BCUT2D eigenvalue weighted by Gasteiger charge is -2.01. The van der Waals surface area contributed by atoms with Gasteiger partial charge in [0.1, 0.15) is 18.2 Å². The predicted molar refractivity (Wildman–Crippen MR) is 72.2 cm³/mol. The number of hydrogen-bond donors (Lipinski definition) is 2. The number of nitrogens with one attached hydrogen (secondary N) is 1. The zero-order valence-corrected chi connectivity index (χ0v) is 10.4. The molecule has 0 amide bonds. The summed E-state index contributed by atoms with van der Waals surface area (Å²) in [5.41, 5.74) is 7.08. The normalized spacial score (nSPS) is 9.67. The molecule has 0 saturated heterocycles. The van der Waals surface area contributed by atoms with Crippen molar-refractivity contribution in [2.45, 2.75) is 0 Å². The molecule has 0 aliphatic heterocycles. The second-order valence-electron chi connectivity index (χ2n) is 3.50. The number of nitriles is 3. The summed E-state index contributed by atoms with van der Waals surface area (Å²) in [7, 11) is 0. The fourth-order valence-corrected chi connectivity index (χ4v) is 1.19. The zero-order chi connectivity index (χ0) is 15.8. The fourth-order valence-electron chi connectivity index (χ4n) is 1.19. The first-order chi connectivity index (χ1) is 10.0. The van der Waals surface area contributed by atoms with Crippen molar-refractivity contribution in [2.75, 3.05) is 5.43 Å². The molecule has 9 heteroatoms. The van der Waals surface area contributed by atoms with E-state index in [1.807, 2.05) is 0 Å². The Morgan fingerprint density at radius 2 is 1.76 bits per heavy atom. The first-order valence-corrected chi connectivity index (χ1v) is 5.32. The number of anilines is 1. The molecule has 0 aliphatic rings. The molecule has 21 heavy (non-hydrogen) atoms. The van der Waals surface area contributed by atoms with Crippen molar-refractivity contribution in [2.24, 2.45) is 10.8 Å². The summed E-state index contributed by atoms with van der Waals surface area (Å²) in [5.74, 6) is 0. The van der Waals surface area contributed by atoms with E-state index in [4.69, 9.17) is 21.5 Å². The maximum atomic E-state index is 10.5. The maximum Gasteiger partial charge on any atom is 0.269 e. The topological polar surface area (TPSA) is 165 Å². The molecule has 0 radical (unpaired) electrons. The van der Waals surface area contributed by atoms with Crippen LogP contribution in [0.15, 0.2) is 40.6 Å². The molecule has 9 nitrogen and oxygen atoms in total. The van der Waals surface area contributed by atoms with Crippen LogP contribution in [0.25, 0.3) is 0 Å². The number of rotatable bonds is 4. The minimum Gasteiger partial charge on any atom is -0.395 e. The Hall–Kier alpha value is -3.90. The van der Waals surface area contributed by atoms with Gasteiger partial charge in [-0.2, -0.15) is 20.9 Å². The smallest absolute Gasteiger partial charge is 0.269 e. The van der Waals surface area contributed by atoms with E-state index in [2.05, 4.69) is 10.5 Å². The SMILES string of the molecule is N#CC(C#N)=C(N)/C(C#N)=N\Nc1ccc([N+](=O)[O-])cc1. The van der Waals surface area contributed by atoms with Crippen LogP contribution in [0.5, 0.6) is 0 Å². The van der Waals surface area contributed by atoms with Gasteiger partial charge in [-0.25, -0.2) is 0 Å². The molecule has 0 aliphatic carbocycles. The predicted octanol–water partition coefficient (Wildman–Crippen LogP) is 1.15. The lowest BCUT2D eigenvalue weighted by atomic mass is 10.2. The average molecular weight is 281 g/mol. The van der Waals surface area contributed by atoms with Crippen molar-refractivity contribution in [1.29, 1.82) is 15.8 Å². The highest BCUT2D eigenvalue weighted by atomic mass is 16.6. The van der Waals surface area contributed by atoms with E-state index in [-0.39, 0.29) is 17.1 Å². The molecular formula is C12H7N7O2. The molecule has 1 rings (SSSR count). The molecule has 0 atom stereocenters. The van der Waals surface area contributed by atoms with Crippen molar-refractivity contribution in [3.05, 3.63) is 45.6 Å². The third-order valence-corrected chi connectivity index (χ3v) is 2.23. The first kappa shape index (κ1) is 15.2. The number of hydrogen-bond acceptors (Lipinski definition) is 8. The summed E-state index contributed by atoms with van der Waals surface area (Å²) >= 11 is 0. The average Bonchev–Trinajstić information content (AvgIpc) is 2.49. The molecular weight excluding hydrogens is 274 g/mol. The van der Waals surface area contributed by atoms with Crippen molar-refractivity contribution in [1.82, 2.24) is 0 Å². The zero-order valence-electron chi connectivity index (χ0n) is 10.4. The quantitative estimate of drug-likeness (QED) is 0.361. The maximum absolute atomic E-state index is 10.5. The molecule has 0 unspecified atom stereocenters. The monoisotopic (exact) mass is 281 g/mol. The summed E-state index contributed by atoms with van der Waals surface area (Å²) in [6, 6.07) is 9.99. The molecule has 0 fully saturated rings. The van der Waals surface area contributed by atoms with E-state index in [1.54, 1.807) is 18.2 Å². The molecule has 0 bridgehead atoms. The van der Waals surface area contributed by atoms with Crippen molar-refractivity contribution in [3.8, 4) is 18.2 Å². The lowest BCUT2D eigenvalue weighted by Crippen LogP contribution is -2.13. The third-order valence-electron chi connectivity index (χ3n) is 2.23. The number of allylic oxidation sites excluding steroid dienone is 2. The van der Waals surface area contributed by atoms with Gasteiger partial charge in [0.15, 0.2) is 11.3 Å². The highest BCUT2D eigenvalue weighted by Gasteiger charge is 2.09. The molecule has 0 aromatic heterocycles. The van der Waals surface area contributed by atoms with E-state index in [0.29, 0.717) is 5.69 Å². The van der Waals surface area contributed by atoms with Crippen molar-refractivity contribution in [3.63, 3.8) is 0 Å². The van der Waals surface area contributed by atoms with Gasteiger partial charge in [0.2, 0.25) is 0 Å². The number of nitrogens with two attached hydrogens (primary N) is 1. The Kier molecular flexibility index (Phi) is 4.97. The minimum absolute atomic E-state index is 0.0966. The molecule has 0 spiro atoms. The van der Waals surface area contributed by atoms with Gasteiger partial charge in [-0.15, -0.1) is 0 Å². The lowest BCUT2D eigenvalue weighted by molar-refractivity contribution is -0.384. The highest BCUT2D eigenvalue weighted by molar-refractivity contribution is 6.12. The Balaban J connectivity index is 3.00. The first-order valence-electron chi connectivity index (χ1n) is 5.32. The summed E-state index contributed by atoms with van der Waals surface area (Å²) in [4.78, 5) is 9.93. The highest BCUT2D eigenvalue weighted by Crippen LogP contribution is 2.15. The molecule has 1 aromatic carbocycles. The minimum atomic E-state index is -0.555. The number of nitro benzene ring substituents is 1. The molecule has 0 saturated carbocycles. The van der Waals surface area contributed by atoms with Crippen LogP contribution < -0.4 is 11.2 Å². The molecule has 3 N–H and O–H groups in total. The van der Waals surface area contributed by atoms with E-state index in [1.165, 1.54) is 24.3 Å². The second-order valence-corrected chi connectivity index (χ2v) is 3.50. The van der Waals surface area contributed by atoms with Gasteiger partial charge in [0.05, 0.1) is 16.3 Å². The van der Waals surface area contributed by atoms with Crippen molar-refractivity contribution < 1.29 is 4.92 Å². The van der Waals surface area contributed by atoms with E-state index in [9.17, 15) is 10.1 Å². The third kappa shape index (κ3) is 3.78. The van der Waals surface area contributed by atoms with Gasteiger partial charge in [0.25, 0.3) is 5.69 Å². The van der Waals surface area contributed by atoms with E-state index in [0.717, 1.165) is 0 Å². The second kappa shape index (κ2) is 6.88. The van der Waals surface area contributed by atoms with Gasteiger partial charge in [-0.1, -0.05) is 0 Å². The van der Waals surface area contributed by atoms with Crippen LogP contribution in [0, 0.1) is 44.1 Å². The number of hydrazone groups is 1. The summed E-state index contributed by atoms with van der Waals surface area (Å²) in [6.07, 6.45) is 0. The standard InChI is InChI=1S/C12H7N7O2/c13-5-8(6-14)12(16)11(7-15)18-17-9-1-3-10(4-2-9)19(20)21/h1-4,17H,16H2/b18-11-. The van der Waals surface area contributed by atoms with Crippen LogP contribution >= 0.6 is 0 Å². The number of nitrogens with zero attached hydrogens (tertiary/aromatic N) is 5. The molecule has 102 valence electrons. The van der Waals surface area contributed by atoms with E-state index < -0.39 is 10.5 Å². The summed E-state index contributed by atoms with van der Waals surface area (Å²) in [5, 5.41) is 40.3. The Labute approximate surface area is 119 Å². The van der Waals surface area contributed by atoms with E-state index >= 15 is 0 Å². The van der Waals surface area contributed by atoms with Crippen LogP contribution in [-0.2, 0) is 0 Å². The van der Waals surface area contributed by atoms with Crippen LogP contribution in [-0.4, -0.2) is 10.6 Å². The van der Waals surface area contributed by atoms with Gasteiger partial charge in [-0.05, 0) is 12.1 Å². The van der Waals surface area contributed by atoms with Crippen LogP contribution in [0.2, 0.25) is 0 Å². The Morgan fingerprint density at radius 3 is 2.19 bits per heavy atom. The van der Waals surface area contributed by atoms with Gasteiger partial charge >= 0.3 is 0 Å². The molecule has 0 heterocycles. The number of non-ortho nitro benzene ring substituents is 1. The van der Waals surface area contributed by atoms with Crippen molar-refractivity contribution >= 4 is 17.1 Å². The number of nitro groups is 1. The molecule has 1 aromatic rings. The van der Waals surface area contributed by atoms with Gasteiger partial charge < -0.3 is 5.73 Å². The van der Waals surface area contributed by atoms with Gasteiger partial charge in [-0.3, -0.25) is 15.5 Å². The Morgan fingerprint density at radius 1 is 1.19 bits per heavy atom. The number of benzene rings is 1.